The summed E-state index contributed by atoms with van der Waals surface area (Å²) in [5.74, 6) is 0.824. The number of rotatable bonds is 4. The van der Waals surface area contributed by atoms with Gasteiger partial charge in [0.15, 0.2) is 17.3 Å². The van der Waals surface area contributed by atoms with Gasteiger partial charge in [-0.3, -0.25) is 14.5 Å². The van der Waals surface area contributed by atoms with Gasteiger partial charge in [0.25, 0.3) is 0 Å². The molecule has 5 nitrogen and oxygen atoms in total. The molecule has 30 heavy (non-hydrogen) atoms. The van der Waals surface area contributed by atoms with Crippen LogP contribution in [0, 0.1) is 6.92 Å². The zero-order chi connectivity index (χ0) is 21.4. The van der Waals surface area contributed by atoms with Gasteiger partial charge >= 0.3 is 0 Å². The highest BCUT2D eigenvalue weighted by Gasteiger charge is 2.41. The highest BCUT2D eigenvalue weighted by atomic mass is 35.5. The van der Waals surface area contributed by atoms with E-state index in [0.29, 0.717) is 34.9 Å². The van der Waals surface area contributed by atoms with E-state index >= 15 is 0 Å². The molecule has 0 N–H and O–H groups in total. The van der Waals surface area contributed by atoms with E-state index < -0.39 is 0 Å². The molecule has 0 saturated carbocycles. The highest BCUT2D eigenvalue weighted by molar-refractivity contribution is 6.31. The average Bonchev–Trinajstić information content (AvgIpc) is 2.74. The highest BCUT2D eigenvalue weighted by Crippen LogP contribution is 2.47. The third-order valence-corrected chi connectivity index (χ3v) is 6.13. The minimum absolute atomic E-state index is 0.0521. The van der Waals surface area contributed by atoms with E-state index in [2.05, 4.69) is 0 Å². The first kappa shape index (κ1) is 20.5. The Kier molecular flexibility index (Phi) is 5.56. The summed E-state index contributed by atoms with van der Waals surface area (Å²) in [6.07, 6.45) is 2.06. The number of para-hydroxylation sites is 1. The Balaban J connectivity index is 1.92. The SMILES string of the molecule is COc1cccc([C@@H]2CC(=O)N(c3cc(Cl)ccc3C)C3=C2C(=O)CCC3)c1OC. The van der Waals surface area contributed by atoms with Gasteiger partial charge in [-0.15, -0.1) is 0 Å². The van der Waals surface area contributed by atoms with Crippen LogP contribution >= 0.6 is 11.6 Å². The number of hydrogen-bond donors (Lipinski definition) is 0. The summed E-state index contributed by atoms with van der Waals surface area (Å²) in [4.78, 5) is 28.2. The number of Topliss-reactive ketones (excluding diaryl/α,β-unsaturated/α-hetero) is 1. The van der Waals surface area contributed by atoms with Crippen molar-refractivity contribution >= 4 is 29.0 Å². The maximum atomic E-state index is 13.4. The molecule has 2 aromatic carbocycles. The number of benzene rings is 2. The van der Waals surface area contributed by atoms with E-state index in [1.54, 1.807) is 31.3 Å². The number of allylic oxidation sites excluding steroid dienone is 2. The fourth-order valence-corrected chi connectivity index (χ4v) is 4.71. The number of halogens is 1. The number of nitrogens with zero attached hydrogens (tertiary/aromatic N) is 1. The number of aryl methyl sites for hydroxylation is 1. The maximum absolute atomic E-state index is 13.4. The minimum atomic E-state index is -0.360. The second-order valence-corrected chi connectivity index (χ2v) is 8.07. The largest absolute Gasteiger partial charge is 0.493 e. The van der Waals surface area contributed by atoms with Crippen LogP contribution in [0.25, 0.3) is 0 Å². The zero-order valence-electron chi connectivity index (χ0n) is 17.3. The topological polar surface area (TPSA) is 55.8 Å². The third kappa shape index (κ3) is 3.37. The van der Waals surface area contributed by atoms with Crippen LogP contribution in [0.1, 0.15) is 42.7 Å². The van der Waals surface area contributed by atoms with Crippen LogP contribution in [0.4, 0.5) is 5.69 Å². The molecule has 0 fully saturated rings. The molecule has 0 bridgehead atoms. The lowest BCUT2D eigenvalue weighted by Gasteiger charge is -2.39. The molecule has 0 spiro atoms. The minimum Gasteiger partial charge on any atom is -0.493 e. The molecule has 1 aliphatic carbocycles. The van der Waals surface area contributed by atoms with Crippen LogP contribution in [0.15, 0.2) is 47.7 Å². The van der Waals surface area contributed by atoms with Crippen molar-refractivity contribution in [2.75, 3.05) is 19.1 Å². The van der Waals surface area contributed by atoms with Crippen molar-refractivity contribution in [1.29, 1.82) is 0 Å². The molecule has 0 saturated heterocycles. The summed E-state index contributed by atoms with van der Waals surface area (Å²) in [6, 6.07) is 11.1. The standard InChI is InChI=1S/C24H24ClNO4/c1-14-10-11-15(25)12-19(14)26-18-7-5-8-20(27)23(18)17(13-22(26)28)16-6-4-9-21(29-2)24(16)30-3/h4,6,9-12,17H,5,7-8,13H2,1-3H3/t17-/m0/s1. The van der Waals surface area contributed by atoms with Crippen LogP contribution in [-0.4, -0.2) is 25.9 Å². The Morgan fingerprint density at radius 2 is 1.87 bits per heavy atom. The molecular formula is C24H24ClNO4. The Morgan fingerprint density at radius 3 is 2.60 bits per heavy atom. The quantitative estimate of drug-likeness (QED) is 0.676. The molecule has 2 aliphatic rings. The molecule has 156 valence electrons. The molecule has 1 atom stereocenters. The first-order valence-electron chi connectivity index (χ1n) is 10.0. The van der Waals surface area contributed by atoms with Crippen molar-refractivity contribution in [1.82, 2.24) is 0 Å². The van der Waals surface area contributed by atoms with E-state index in [0.717, 1.165) is 28.9 Å². The van der Waals surface area contributed by atoms with Crippen molar-refractivity contribution in [3.63, 3.8) is 0 Å². The van der Waals surface area contributed by atoms with Crippen molar-refractivity contribution in [3.05, 3.63) is 63.8 Å². The van der Waals surface area contributed by atoms with Gasteiger partial charge < -0.3 is 9.47 Å². The van der Waals surface area contributed by atoms with Crippen molar-refractivity contribution < 1.29 is 19.1 Å². The summed E-state index contributed by atoms with van der Waals surface area (Å²) in [5.41, 5.74) is 3.96. The normalized spacial score (nSPS) is 19.1. The molecule has 2 aromatic rings. The zero-order valence-corrected chi connectivity index (χ0v) is 18.1. The lowest BCUT2D eigenvalue weighted by Crippen LogP contribution is -2.41. The second-order valence-electron chi connectivity index (χ2n) is 7.64. The number of anilines is 1. The van der Waals surface area contributed by atoms with Gasteiger partial charge in [0.2, 0.25) is 5.91 Å². The summed E-state index contributed by atoms with van der Waals surface area (Å²) >= 11 is 6.23. The molecule has 0 aromatic heterocycles. The Morgan fingerprint density at radius 1 is 1.07 bits per heavy atom. The Hall–Kier alpha value is -2.79. The van der Waals surface area contributed by atoms with E-state index in [1.165, 1.54) is 0 Å². The number of carbonyl (C=O) groups excluding carboxylic acids is 2. The Bertz CT molecular complexity index is 1060. The predicted molar refractivity (Wildman–Crippen MR) is 116 cm³/mol. The maximum Gasteiger partial charge on any atom is 0.232 e. The van der Waals surface area contributed by atoms with Crippen LogP contribution in [0.2, 0.25) is 5.02 Å². The van der Waals surface area contributed by atoms with E-state index in [4.69, 9.17) is 21.1 Å². The number of methoxy groups -OCH3 is 2. The third-order valence-electron chi connectivity index (χ3n) is 5.90. The van der Waals surface area contributed by atoms with Crippen molar-refractivity contribution in [2.45, 2.75) is 38.5 Å². The smallest absolute Gasteiger partial charge is 0.232 e. The molecule has 1 aliphatic heterocycles. The number of carbonyl (C=O) groups is 2. The molecule has 4 rings (SSSR count). The monoisotopic (exact) mass is 425 g/mol. The summed E-state index contributed by atoms with van der Waals surface area (Å²) in [5, 5.41) is 0.560. The lowest BCUT2D eigenvalue weighted by molar-refractivity contribution is -0.119. The summed E-state index contributed by atoms with van der Waals surface area (Å²) in [6.45, 7) is 1.95. The van der Waals surface area contributed by atoms with Gasteiger partial charge in [0, 0.05) is 40.6 Å². The second kappa shape index (κ2) is 8.15. The van der Waals surface area contributed by atoms with Gasteiger partial charge in [0.05, 0.1) is 19.9 Å². The van der Waals surface area contributed by atoms with Gasteiger partial charge in [-0.2, -0.15) is 0 Å². The number of hydrogen-bond acceptors (Lipinski definition) is 4. The van der Waals surface area contributed by atoms with Crippen molar-refractivity contribution in [3.8, 4) is 11.5 Å². The molecule has 0 radical (unpaired) electrons. The fraction of sp³-hybridized carbons (Fsp3) is 0.333. The molecule has 1 amide bonds. The number of amides is 1. The van der Waals surface area contributed by atoms with Crippen LogP contribution in [-0.2, 0) is 9.59 Å². The van der Waals surface area contributed by atoms with E-state index in [9.17, 15) is 9.59 Å². The van der Waals surface area contributed by atoms with Crippen LogP contribution in [0.3, 0.4) is 0 Å². The van der Waals surface area contributed by atoms with Crippen LogP contribution < -0.4 is 14.4 Å². The fourth-order valence-electron chi connectivity index (χ4n) is 4.55. The van der Waals surface area contributed by atoms with Crippen LogP contribution in [0.5, 0.6) is 11.5 Å². The molecule has 1 heterocycles. The molecular weight excluding hydrogens is 402 g/mol. The summed E-state index contributed by atoms with van der Waals surface area (Å²) < 4.78 is 11.1. The van der Waals surface area contributed by atoms with Gasteiger partial charge in [-0.05, 0) is 43.5 Å². The lowest BCUT2D eigenvalue weighted by atomic mass is 9.76. The number of ether oxygens (including phenoxy) is 2. The molecule has 0 unspecified atom stereocenters. The van der Waals surface area contributed by atoms with Crippen molar-refractivity contribution in [2.24, 2.45) is 0 Å². The first-order chi connectivity index (χ1) is 14.5. The average molecular weight is 426 g/mol. The van der Waals surface area contributed by atoms with Gasteiger partial charge in [0.1, 0.15) is 0 Å². The first-order valence-corrected chi connectivity index (χ1v) is 10.4. The predicted octanol–water partition coefficient (Wildman–Crippen LogP) is 5.19. The van der Waals surface area contributed by atoms with E-state index in [-0.39, 0.29) is 24.0 Å². The Labute approximate surface area is 181 Å². The van der Waals surface area contributed by atoms with Gasteiger partial charge in [-0.1, -0.05) is 29.8 Å². The molecule has 6 heteroatoms. The number of ketones is 1. The van der Waals surface area contributed by atoms with Gasteiger partial charge in [-0.25, -0.2) is 0 Å². The summed E-state index contributed by atoms with van der Waals surface area (Å²) in [7, 11) is 3.15. The van der Waals surface area contributed by atoms with E-state index in [1.807, 2.05) is 31.2 Å².